The lowest BCUT2D eigenvalue weighted by molar-refractivity contribution is 0.0950. The van der Waals surface area contributed by atoms with Crippen LogP contribution in [0, 0.1) is 0 Å². The van der Waals surface area contributed by atoms with Crippen molar-refractivity contribution in [3.8, 4) is 11.5 Å². The predicted octanol–water partition coefficient (Wildman–Crippen LogP) is 1.62. The summed E-state index contributed by atoms with van der Waals surface area (Å²) in [6, 6.07) is 8.85. The van der Waals surface area contributed by atoms with E-state index in [0.29, 0.717) is 29.3 Å². The maximum absolute atomic E-state index is 12.2. The normalized spacial score (nSPS) is 12.5. The lowest BCUT2D eigenvalue weighted by Crippen LogP contribution is -2.23. The second-order valence-corrected chi connectivity index (χ2v) is 4.83. The lowest BCUT2D eigenvalue weighted by Gasteiger charge is -2.05. The minimum atomic E-state index is -0.190. The monoisotopic (exact) mass is 296 g/mol. The van der Waals surface area contributed by atoms with E-state index in [1.165, 1.54) is 0 Å². The average molecular weight is 296 g/mol. The first kappa shape index (κ1) is 12.6. The van der Waals surface area contributed by atoms with E-state index in [9.17, 15) is 4.79 Å². The molecule has 0 aliphatic carbocycles. The highest BCUT2D eigenvalue weighted by atomic mass is 16.7. The van der Waals surface area contributed by atoms with Gasteiger partial charge in [-0.2, -0.15) is 5.10 Å². The molecule has 0 atom stereocenters. The number of fused-ring (bicyclic) bond motifs is 2. The van der Waals surface area contributed by atoms with Crippen molar-refractivity contribution in [1.29, 1.82) is 0 Å². The molecular weight excluding hydrogens is 284 g/mol. The second kappa shape index (κ2) is 5.03. The van der Waals surface area contributed by atoms with Crippen molar-refractivity contribution in [1.82, 2.24) is 20.5 Å². The third-order valence-electron chi connectivity index (χ3n) is 3.47. The highest BCUT2D eigenvalue weighted by Gasteiger charge is 2.16. The van der Waals surface area contributed by atoms with Gasteiger partial charge in [0.1, 0.15) is 0 Å². The highest BCUT2D eigenvalue weighted by molar-refractivity contribution is 5.95. The van der Waals surface area contributed by atoms with E-state index in [4.69, 9.17) is 9.47 Å². The number of rotatable bonds is 3. The molecule has 3 aromatic rings. The molecule has 110 valence electrons. The van der Waals surface area contributed by atoms with Crippen molar-refractivity contribution >= 4 is 16.9 Å². The van der Waals surface area contributed by atoms with E-state index in [2.05, 4.69) is 20.5 Å². The van der Waals surface area contributed by atoms with E-state index in [1.807, 2.05) is 12.1 Å². The van der Waals surface area contributed by atoms with E-state index in [0.717, 1.165) is 11.1 Å². The Bertz CT molecular complexity index is 859. The Balaban J connectivity index is 1.50. The molecule has 0 spiro atoms. The summed E-state index contributed by atoms with van der Waals surface area (Å²) in [5.41, 5.74) is 1.97. The number of hydrogen-bond donors (Lipinski definition) is 2. The number of hydrogen-bond acceptors (Lipinski definition) is 5. The van der Waals surface area contributed by atoms with Gasteiger partial charge >= 0.3 is 0 Å². The van der Waals surface area contributed by atoms with Crippen molar-refractivity contribution in [3.05, 3.63) is 47.8 Å². The van der Waals surface area contributed by atoms with Gasteiger partial charge in [0.2, 0.25) is 6.79 Å². The smallest absolute Gasteiger partial charge is 0.251 e. The van der Waals surface area contributed by atoms with Crippen LogP contribution in [-0.4, -0.2) is 27.9 Å². The summed E-state index contributed by atoms with van der Waals surface area (Å²) in [5.74, 6) is 1.05. The minimum Gasteiger partial charge on any atom is -0.454 e. The van der Waals surface area contributed by atoms with Crippen LogP contribution in [-0.2, 0) is 6.54 Å². The van der Waals surface area contributed by atoms with Crippen LogP contribution in [0.15, 0.2) is 36.5 Å². The number of carbonyl (C=O) groups is 1. The number of aromatic nitrogens is 3. The molecule has 22 heavy (non-hydrogen) atoms. The molecule has 1 aliphatic rings. The SMILES string of the molecule is O=C(NCc1[nH]nc2ncccc12)c1ccc2c(c1)OCO2. The third kappa shape index (κ3) is 2.12. The number of nitrogens with one attached hydrogen (secondary N) is 2. The number of H-pyrrole nitrogens is 1. The first-order valence-corrected chi connectivity index (χ1v) is 6.77. The summed E-state index contributed by atoms with van der Waals surface area (Å²) in [6.07, 6.45) is 1.68. The van der Waals surface area contributed by atoms with Gasteiger partial charge in [-0.1, -0.05) is 0 Å². The van der Waals surface area contributed by atoms with Gasteiger partial charge in [0.05, 0.1) is 12.2 Å². The Hall–Kier alpha value is -3.09. The fourth-order valence-electron chi connectivity index (χ4n) is 2.35. The summed E-state index contributed by atoms with van der Waals surface area (Å²) in [6.45, 7) is 0.531. The minimum absolute atomic E-state index is 0.188. The Morgan fingerprint density at radius 3 is 3.14 bits per heavy atom. The molecule has 0 unspecified atom stereocenters. The van der Waals surface area contributed by atoms with Crippen LogP contribution in [0.5, 0.6) is 11.5 Å². The molecular formula is C15H12N4O3. The number of pyridine rings is 1. The Labute approximate surface area is 125 Å². The van der Waals surface area contributed by atoms with Gasteiger partial charge in [-0.25, -0.2) is 4.98 Å². The van der Waals surface area contributed by atoms with Crippen molar-refractivity contribution < 1.29 is 14.3 Å². The maximum atomic E-state index is 12.2. The molecule has 2 aromatic heterocycles. The van der Waals surface area contributed by atoms with Gasteiger partial charge in [0.15, 0.2) is 17.1 Å². The molecule has 4 rings (SSSR count). The van der Waals surface area contributed by atoms with Gasteiger partial charge in [-0.15, -0.1) is 0 Å². The van der Waals surface area contributed by atoms with Crippen LogP contribution in [0.1, 0.15) is 16.1 Å². The molecule has 2 N–H and O–H groups in total. The van der Waals surface area contributed by atoms with Gasteiger partial charge in [0, 0.05) is 17.1 Å². The fourth-order valence-corrected chi connectivity index (χ4v) is 2.35. The van der Waals surface area contributed by atoms with Gasteiger partial charge in [-0.3, -0.25) is 9.89 Å². The molecule has 1 aromatic carbocycles. The molecule has 7 heteroatoms. The van der Waals surface area contributed by atoms with Crippen molar-refractivity contribution in [3.63, 3.8) is 0 Å². The summed E-state index contributed by atoms with van der Waals surface area (Å²) < 4.78 is 10.5. The number of benzene rings is 1. The third-order valence-corrected chi connectivity index (χ3v) is 3.47. The zero-order valence-corrected chi connectivity index (χ0v) is 11.5. The molecule has 0 radical (unpaired) electrons. The largest absolute Gasteiger partial charge is 0.454 e. The maximum Gasteiger partial charge on any atom is 0.251 e. The van der Waals surface area contributed by atoms with E-state index in [-0.39, 0.29) is 12.7 Å². The van der Waals surface area contributed by atoms with Crippen molar-refractivity contribution in [2.75, 3.05) is 6.79 Å². The molecule has 3 heterocycles. The Kier molecular flexibility index (Phi) is 2.89. The molecule has 0 bridgehead atoms. The molecule has 1 amide bonds. The summed E-state index contributed by atoms with van der Waals surface area (Å²) >= 11 is 0. The van der Waals surface area contributed by atoms with Crippen LogP contribution < -0.4 is 14.8 Å². The second-order valence-electron chi connectivity index (χ2n) is 4.83. The first-order valence-electron chi connectivity index (χ1n) is 6.77. The Morgan fingerprint density at radius 1 is 1.27 bits per heavy atom. The number of amides is 1. The molecule has 0 saturated heterocycles. The number of carbonyl (C=O) groups excluding carboxylic acids is 1. The van der Waals surface area contributed by atoms with Gasteiger partial charge in [-0.05, 0) is 30.3 Å². The fraction of sp³-hybridized carbons (Fsp3) is 0.133. The van der Waals surface area contributed by atoms with Crippen molar-refractivity contribution in [2.45, 2.75) is 6.54 Å². The molecule has 7 nitrogen and oxygen atoms in total. The molecule has 0 saturated carbocycles. The zero-order valence-electron chi connectivity index (χ0n) is 11.5. The summed E-state index contributed by atoms with van der Waals surface area (Å²) in [5, 5.41) is 10.7. The van der Waals surface area contributed by atoms with E-state index in [1.54, 1.807) is 24.4 Å². The number of aromatic amines is 1. The molecule has 0 fully saturated rings. The topological polar surface area (TPSA) is 89.1 Å². The van der Waals surface area contributed by atoms with Crippen LogP contribution in [0.3, 0.4) is 0 Å². The van der Waals surface area contributed by atoms with E-state index < -0.39 is 0 Å². The molecule has 1 aliphatic heterocycles. The lowest BCUT2D eigenvalue weighted by atomic mass is 10.2. The summed E-state index contributed by atoms with van der Waals surface area (Å²) in [4.78, 5) is 16.4. The van der Waals surface area contributed by atoms with Crippen LogP contribution in [0.4, 0.5) is 0 Å². The van der Waals surface area contributed by atoms with Crippen molar-refractivity contribution in [2.24, 2.45) is 0 Å². The average Bonchev–Trinajstić information content (AvgIpc) is 3.18. The number of nitrogens with zero attached hydrogens (tertiary/aromatic N) is 2. The van der Waals surface area contributed by atoms with E-state index >= 15 is 0 Å². The van der Waals surface area contributed by atoms with Gasteiger partial charge in [0.25, 0.3) is 5.91 Å². The zero-order chi connectivity index (χ0) is 14.9. The predicted molar refractivity (Wildman–Crippen MR) is 77.6 cm³/mol. The quantitative estimate of drug-likeness (QED) is 0.766. The summed E-state index contributed by atoms with van der Waals surface area (Å²) in [7, 11) is 0. The Morgan fingerprint density at radius 2 is 2.18 bits per heavy atom. The number of ether oxygens (including phenoxy) is 2. The van der Waals surface area contributed by atoms with Crippen LogP contribution >= 0.6 is 0 Å². The van der Waals surface area contributed by atoms with Crippen LogP contribution in [0.25, 0.3) is 11.0 Å². The van der Waals surface area contributed by atoms with Crippen LogP contribution in [0.2, 0.25) is 0 Å². The highest BCUT2D eigenvalue weighted by Crippen LogP contribution is 2.32. The standard InChI is InChI=1S/C15H12N4O3/c20-15(9-3-4-12-13(6-9)22-8-21-12)17-7-11-10-2-1-5-16-14(10)19-18-11/h1-6H,7-8H2,(H,17,20)(H,16,18,19). The first-order chi connectivity index (χ1) is 10.8. The van der Waals surface area contributed by atoms with Gasteiger partial charge < -0.3 is 14.8 Å².